The van der Waals surface area contributed by atoms with E-state index in [-0.39, 0.29) is 5.41 Å². The first-order valence-corrected chi connectivity index (χ1v) is 5.02. The Morgan fingerprint density at radius 3 is 3.00 bits per heavy atom. The fourth-order valence-corrected chi connectivity index (χ4v) is 1.91. The van der Waals surface area contributed by atoms with Crippen molar-refractivity contribution in [3.05, 3.63) is 30.1 Å². The van der Waals surface area contributed by atoms with Crippen molar-refractivity contribution in [3.8, 4) is 0 Å². The number of aromatic nitrogens is 1. The minimum atomic E-state index is 0.133. The number of pyridine rings is 1. The number of rotatable bonds is 3. The lowest BCUT2D eigenvalue weighted by Crippen LogP contribution is -2.33. The van der Waals surface area contributed by atoms with Crippen LogP contribution in [0.5, 0.6) is 0 Å². The van der Waals surface area contributed by atoms with Gasteiger partial charge in [-0.05, 0) is 25.0 Å². The second kappa shape index (κ2) is 4.07. The minimum Gasteiger partial charge on any atom is -0.381 e. The van der Waals surface area contributed by atoms with Crippen LogP contribution in [0.4, 0.5) is 0 Å². The van der Waals surface area contributed by atoms with E-state index in [0.29, 0.717) is 6.54 Å². The summed E-state index contributed by atoms with van der Waals surface area (Å²) in [5.74, 6) is 0. The zero-order valence-corrected chi connectivity index (χ0v) is 8.28. The predicted octanol–water partition coefficient (Wildman–Crippen LogP) is 0.989. The van der Waals surface area contributed by atoms with Crippen LogP contribution in [-0.4, -0.2) is 24.7 Å². The van der Waals surface area contributed by atoms with Crippen molar-refractivity contribution in [2.45, 2.75) is 12.8 Å². The molecule has 1 saturated heterocycles. The number of ether oxygens (including phenoxy) is 1. The number of hydrogen-bond acceptors (Lipinski definition) is 3. The van der Waals surface area contributed by atoms with Gasteiger partial charge in [-0.25, -0.2) is 0 Å². The standard InChI is InChI=1S/C11H16N2O/c12-8-11(4-6-14-9-11)7-10-3-1-2-5-13-10/h1-3,5H,4,6-9,12H2. The molecular weight excluding hydrogens is 176 g/mol. The molecule has 0 aromatic carbocycles. The Hall–Kier alpha value is -0.930. The van der Waals surface area contributed by atoms with Crippen molar-refractivity contribution in [2.24, 2.45) is 11.1 Å². The fourth-order valence-electron chi connectivity index (χ4n) is 1.91. The van der Waals surface area contributed by atoms with E-state index in [2.05, 4.69) is 11.1 Å². The van der Waals surface area contributed by atoms with Crippen LogP contribution < -0.4 is 5.73 Å². The van der Waals surface area contributed by atoms with Crippen LogP contribution in [0.15, 0.2) is 24.4 Å². The molecule has 2 rings (SSSR count). The summed E-state index contributed by atoms with van der Waals surface area (Å²) < 4.78 is 5.42. The Bertz CT molecular complexity index is 281. The zero-order valence-electron chi connectivity index (χ0n) is 8.28. The van der Waals surface area contributed by atoms with E-state index in [0.717, 1.165) is 31.7 Å². The molecule has 0 bridgehead atoms. The number of hydrogen-bond donors (Lipinski definition) is 1. The molecule has 1 aromatic rings. The second-order valence-corrected chi connectivity index (χ2v) is 4.00. The van der Waals surface area contributed by atoms with Gasteiger partial charge in [0.1, 0.15) is 0 Å². The molecule has 0 amide bonds. The third-order valence-electron chi connectivity index (χ3n) is 2.90. The maximum Gasteiger partial charge on any atom is 0.0539 e. The van der Waals surface area contributed by atoms with E-state index in [1.165, 1.54) is 0 Å². The zero-order chi connectivity index (χ0) is 9.86. The SMILES string of the molecule is NCC1(Cc2ccccn2)CCOC1. The molecule has 0 radical (unpaired) electrons. The molecule has 1 aliphatic rings. The van der Waals surface area contributed by atoms with Crippen molar-refractivity contribution in [3.63, 3.8) is 0 Å². The molecule has 3 heteroatoms. The fraction of sp³-hybridized carbons (Fsp3) is 0.545. The van der Waals surface area contributed by atoms with Crippen molar-refractivity contribution >= 4 is 0 Å². The normalized spacial score (nSPS) is 26.6. The molecule has 0 saturated carbocycles. The molecule has 14 heavy (non-hydrogen) atoms. The molecule has 1 unspecified atom stereocenters. The summed E-state index contributed by atoms with van der Waals surface area (Å²) in [5, 5.41) is 0. The van der Waals surface area contributed by atoms with Crippen molar-refractivity contribution in [1.29, 1.82) is 0 Å². The third-order valence-corrected chi connectivity index (χ3v) is 2.90. The Balaban J connectivity index is 2.08. The summed E-state index contributed by atoms with van der Waals surface area (Å²) in [6.07, 6.45) is 3.82. The topological polar surface area (TPSA) is 48.1 Å². The minimum absolute atomic E-state index is 0.133. The van der Waals surface area contributed by atoms with Crippen LogP contribution in [0.25, 0.3) is 0 Å². The first-order valence-electron chi connectivity index (χ1n) is 5.02. The quantitative estimate of drug-likeness (QED) is 0.777. The Labute approximate surface area is 84.3 Å². The highest BCUT2D eigenvalue weighted by Crippen LogP contribution is 2.30. The molecule has 2 N–H and O–H groups in total. The van der Waals surface area contributed by atoms with Gasteiger partial charge in [0, 0.05) is 30.5 Å². The Morgan fingerprint density at radius 2 is 2.43 bits per heavy atom. The molecule has 76 valence electrons. The Kier molecular flexibility index (Phi) is 2.79. The summed E-state index contributed by atoms with van der Waals surface area (Å²) >= 11 is 0. The van der Waals surface area contributed by atoms with E-state index in [4.69, 9.17) is 10.5 Å². The van der Waals surface area contributed by atoms with Crippen LogP contribution in [0, 0.1) is 5.41 Å². The number of nitrogens with zero attached hydrogens (tertiary/aromatic N) is 1. The van der Waals surface area contributed by atoms with Crippen LogP contribution in [0.3, 0.4) is 0 Å². The van der Waals surface area contributed by atoms with Crippen LogP contribution in [0.1, 0.15) is 12.1 Å². The van der Waals surface area contributed by atoms with Gasteiger partial charge >= 0.3 is 0 Å². The first kappa shape index (κ1) is 9.62. The lowest BCUT2D eigenvalue weighted by Gasteiger charge is -2.24. The van der Waals surface area contributed by atoms with E-state index in [1.807, 2.05) is 18.3 Å². The maximum atomic E-state index is 5.81. The molecule has 1 aliphatic heterocycles. The largest absolute Gasteiger partial charge is 0.381 e. The summed E-state index contributed by atoms with van der Waals surface area (Å²) in [7, 11) is 0. The van der Waals surface area contributed by atoms with Gasteiger partial charge in [0.25, 0.3) is 0 Å². The lowest BCUT2D eigenvalue weighted by atomic mass is 9.82. The van der Waals surface area contributed by atoms with Gasteiger partial charge < -0.3 is 10.5 Å². The average Bonchev–Trinajstić information content (AvgIpc) is 2.69. The third kappa shape index (κ3) is 1.94. The first-order chi connectivity index (χ1) is 6.85. The summed E-state index contributed by atoms with van der Waals surface area (Å²) in [4.78, 5) is 4.32. The summed E-state index contributed by atoms with van der Waals surface area (Å²) in [6.45, 7) is 2.30. The maximum absolute atomic E-state index is 5.81. The summed E-state index contributed by atoms with van der Waals surface area (Å²) in [5.41, 5.74) is 7.06. The molecule has 1 fully saturated rings. The monoisotopic (exact) mass is 192 g/mol. The van der Waals surface area contributed by atoms with Crippen molar-refractivity contribution < 1.29 is 4.74 Å². The van der Waals surface area contributed by atoms with Gasteiger partial charge in [0.2, 0.25) is 0 Å². The van der Waals surface area contributed by atoms with Gasteiger partial charge in [0.05, 0.1) is 6.61 Å². The summed E-state index contributed by atoms with van der Waals surface area (Å²) in [6, 6.07) is 6.00. The smallest absolute Gasteiger partial charge is 0.0539 e. The van der Waals surface area contributed by atoms with Gasteiger partial charge in [-0.1, -0.05) is 6.07 Å². The highest BCUT2D eigenvalue weighted by Gasteiger charge is 2.33. The molecule has 1 atom stereocenters. The van der Waals surface area contributed by atoms with E-state index in [9.17, 15) is 0 Å². The molecule has 3 nitrogen and oxygen atoms in total. The molecule has 1 aromatic heterocycles. The predicted molar refractivity (Wildman–Crippen MR) is 54.9 cm³/mol. The van der Waals surface area contributed by atoms with Gasteiger partial charge in [-0.3, -0.25) is 4.98 Å². The van der Waals surface area contributed by atoms with E-state index < -0.39 is 0 Å². The van der Waals surface area contributed by atoms with Crippen LogP contribution >= 0.6 is 0 Å². The van der Waals surface area contributed by atoms with E-state index >= 15 is 0 Å². The van der Waals surface area contributed by atoms with Crippen molar-refractivity contribution in [2.75, 3.05) is 19.8 Å². The average molecular weight is 192 g/mol. The number of nitrogens with two attached hydrogens (primary N) is 1. The Morgan fingerprint density at radius 1 is 1.50 bits per heavy atom. The molecule has 0 spiro atoms. The van der Waals surface area contributed by atoms with Crippen LogP contribution in [0.2, 0.25) is 0 Å². The van der Waals surface area contributed by atoms with Gasteiger partial charge in [0.15, 0.2) is 0 Å². The lowest BCUT2D eigenvalue weighted by molar-refractivity contribution is 0.154. The molecule has 2 heterocycles. The van der Waals surface area contributed by atoms with Gasteiger partial charge in [-0.2, -0.15) is 0 Å². The van der Waals surface area contributed by atoms with E-state index in [1.54, 1.807) is 0 Å². The van der Waals surface area contributed by atoms with Gasteiger partial charge in [-0.15, -0.1) is 0 Å². The highest BCUT2D eigenvalue weighted by molar-refractivity contribution is 5.07. The molecular formula is C11H16N2O. The second-order valence-electron chi connectivity index (χ2n) is 4.00. The highest BCUT2D eigenvalue weighted by atomic mass is 16.5. The van der Waals surface area contributed by atoms with Crippen LogP contribution in [-0.2, 0) is 11.2 Å². The van der Waals surface area contributed by atoms with Crippen molar-refractivity contribution in [1.82, 2.24) is 4.98 Å². The molecule has 0 aliphatic carbocycles.